The summed E-state index contributed by atoms with van der Waals surface area (Å²) in [6.07, 6.45) is 15.2. The lowest BCUT2D eigenvalue weighted by atomic mass is 9.73. The molecule has 4 aliphatic rings. The molecule has 1 N–H and O–H groups in total. The van der Waals surface area contributed by atoms with Crippen molar-refractivity contribution in [1.82, 2.24) is 29.2 Å². The van der Waals surface area contributed by atoms with Gasteiger partial charge in [-0.3, -0.25) is 19.5 Å². The van der Waals surface area contributed by atoms with Crippen molar-refractivity contribution in [2.75, 3.05) is 0 Å². The Morgan fingerprint density at radius 3 is 2.21 bits per heavy atom. The lowest BCUT2D eigenvalue weighted by molar-refractivity contribution is -0.0420. The van der Waals surface area contributed by atoms with E-state index < -0.39 is 11.2 Å². The molecule has 7 rings (SSSR count). The fourth-order valence-corrected chi connectivity index (χ4v) is 8.57. The molecule has 2 aliphatic heterocycles. The summed E-state index contributed by atoms with van der Waals surface area (Å²) in [5, 5.41) is 4.14. The molecule has 3 aromatic rings. The van der Waals surface area contributed by atoms with Crippen molar-refractivity contribution >= 4 is 11.0 Å². The molecule has 0 amide bonds. The number of hydrogen-bond donors (Lipinski definition) is 1. The third-order valence-electron chi connectivity index (χ3n) is 10.1. The van der Waals surface area contributed by atoms with Gasteiger partial charge < -0.3 is 4.57 Å². The van der Waals surface area contributed by atoms with Gasteiger partial charge in [-0.2, -0.15) is 9.78 Å². The van der Waals surface area contributed by atoms with Crippen molar-refractivity contribution in [3.8, 4) is 5.82 Å². The van der Waals surface area contributed by atoms with E-state index in [0.717, 1.165) is 34.9 Å². The van der Waals surface area contributed by atoms with Crippen LogP contribution >= 0.6 is 0 Å². The predicted octanol–water partition coefficient (Wildman–Crippen LogP) is 3.86. The minimum atomic E-state index is -0.748. The first-order chi connectivity index (χ1) is 19.0. The summed E-state index contributed by atoms with van der Waals surface area (Å²) in [6, 6.07) is 9.32. The van der Waals surface area contributed by atoms with Crippen molar-refractivity contribution < 1.29 is 0 Å². The van der Waals surface area contributed by atoms with Crippen molar-refractivity contribution in [3.63, 3.8) is 0 Å². The smallest absolute Gasteiger partial charge is 0.300 e. The summed E-state index contributed by atoms with van der Waals surface area (Å²) in [6.45, 7) is 1.52. The molecule has 9 heteroatoms. The van der Waals surface area contributed by atoms with Crippen LogP contribution < -0.4 is 16.8 Å². The summed E-state index contributed by atoms with van der Waals surface area (Å²) in [7, 11) is 0. The van der Waals surface area contributed by atoms with Gasteiger partial charge in [0.15, 0.2) is 0 Å². The minimum Gasteiger partial charge on any atom is -0.300 e. The summed E-state index contributed by atoms with van der Waals surface area (Å²) in [5.41, 5.74) is -0.0711. The third-order valence-corrected chi connectivity index (χ3v) is 10.1. The number of nitrogens with zero attached hydrogens (tertiary/aromatic N) is 5. The average molecular weight is 531 g/mol. The van der Waals surface area contributed by atoms with E-state index in [0.29, 0.717) is 23.6 Å². The van der Waals surface area contributed by atoms with E-state index in [-0.39, 0.29) is 23.1 Å². The zero-order valence-electron chi connectivity index (χ0n) is 22.7. The van der Waals surface area contributed by atoms with Crippen LogP contribution in [0.25, 0.3) is 16.9 Å². The fraction of sp³-hybridized carbons (Fsp3) is 0.633. The second-order valence-electron chi connectivity index (χ2n) is 12.5. The Bertz CT molecular complexity index is 1550. The molecular formula is C30H38N6O3. The fourth-order valence-electron chi connectivity index (χ4n) is 8.57. The highest BCUT2D eigenvalue weighted by molar-refractivity contribution is 5.75. The molecule has 9 nitrogen and oxygen atoms in total. The van der Waals surface area contributed by atoms with Crippen molar-refractivity contribution in [3.05, 3.63) is 61.2 Å². The number of aromatic amines is 1. The Morgan fingerprint density at radius 1 is 0.795 bits per heavy atom. The second-order valence-corrected chi connectivity index (χ2v) is 12.5. The van der Waals surface area contributed by atoms with Gasteiger partial charge in [-0.25, -0.2) is 9.78 Å². The van der Waals surface area contributed by atoms with Crippen LogP contribution in [0.1, 0.15) is 88.8 Å². The number of rotatable bonds is 3. The standard InChI is InChI=1S/C30H38N6O3/c1-18-28(37)32-30(39)36(33-18)27-29(38)35(26-12-5-4-11-25(26)31-27)24-16-21-9-6-10-22(17-24)34(21)23-14-19-7-2-3-8-20(13-19)15-23/h4-5,11-12,19-24H,2-3,6-10,13-17H2,1H3,(H,32,37,39). The minimum absolute atomic E-state index is 0.0288. The molecule has 2 aromatic heterocycles. The van der Waals surface area contributed by atoms with Gasteiger partial charge in [0.05, 0.1) is 11.0 Å². The van der Waals surface area contributed by atoms with E-state index in [4.69, 9.17) is 0 Å². The third kappa shape index (κ3) is 4.39. The Balaban J connectivity index is 1.28. The average Bonchev–Trinajstić information content (AvgIpc) is 3.09. The number of benzene rings is 1. The highest BCUT2D eigenvalue weighted by atomic mass is 16.2. The van der Waals surface area contributed by atoms with Gasteiger partial charge in [0.2, 0.25) is 5.82 Å². The highest BCUT2D eigenvalue weighted by Crippen LogP contribution is 2.47. The Labute approximate surface area is 227 Å². The first-order valence-electron chi connectivity index (χ1n) is 15.0. The van der Waals surface area contributed by atoms with Crippen LogP contribution in [-0.2, 0) is 0 Å². The van der Waals surface area contributed by atoms with Gasteiger partial charge in [0, 0.05) is 24.2 Å². The molecular weight excluding hydrogens is 492 g/mol. The summed E-state index contributed by atoms with van der Waals surface area (Å²) in [4.78, 5) is 48.5. The van der Waals surface area contributed by atoms with Gasteiger partial charge in [-0.05, 0) is 75.8 Å². The van der Waals surface area contributed by atoms with E-state index >= 15 is 0 Å². The van der Waals surface area contributed by atoms with Crippen molar-refractivity contribution in [1.29, 1.82) is 0 Å². The molecule has 1 aromatic carbocycles. The molecule has 4 heterocycles. The molecule has 0 radical (unpaired) electrons. The van der Waals surface area contributed by atoms with E-state index in [1.54, 1.807) is 0 Å². The lowest BCUT2D eigenvalue weighted by Crippen LogP contribution is -2.58. The zero-order valence-corrected chi connectivity index (χ0v) is 22.7. The zero-order chi connectivity index (χ0) is 26.7. The maximum absolute atomic E-state index is 14.1. The van der Waals surface area contributed by atoms with E-state index in [9.17, 15) is 14.4 Å². The van der Waals surface area contributed by atoms with E-state index in [1.807, 2.05) is 28.8 Å². The second kappa shape index (κ2) is 9.84. The SMILES string of the molecule is Cc1nn(-c2nc3ccccc3n(C3CC4CCCC(C3)N4C3CC4CCCCC(C4)C3)c2=O)c(=O)[nH]c1=O. The highest BCUT2D eigenvalue weighted by Gasteiger charge is 2.45. The predicted molar refractivity (Wildman–Crippen MR) is 149 cm³/mol. The first kappa shape index (κ1) is 24.9. The molecule has 206 valence electrons. The molecule has 4 atom stereocenters. The van der Waals surface area contributed by atoms with Crippen LogP contribution in [0, 0.1) is 18.8 Å². The van der Waals surface area contributed by atoms with Crippen LogP contribution in [0.3, 0.4) is 0 Å². The molecule has 4 fully saturated rings. The molecule has 2 saturated heterocycles. The number of nitrogens with one attached hydrogen (secondary N) is 1. The molecule has 2 saturated carbocycles. The van der Waals surface area contributed by atoms with Gasteiger partial charge >= 0.3 is 5.69 Å². The number of para-hydroxylation sites is 2. The van der Waals surface area contributed by atoms with E-state index in [2.05, 4.69) is 20.0 Å². The van der Waals surface area contributed by atoms with Crippen LogP contribution in [0.15, 0.2) is 38.6 Å². The van der Waals surface area contributed by atoms with Gasteiger partial charge in [0.25, 0.3) is 11.1 Å². The van der Waals surface area contributed by atoms with Gasteiger partial charge in [0.1, 0.15) is 5.69 Å². The molecule has 4 bridgehead atoms. The first-order valence-corrected chi connectivity index (χ1v) is 15.0. The van der Waals surface area contributed by atoms with Crippen LogP contribution in [0.4, 0.5) is 0 Å². The van der Waals surface area contributed by atoms with Gasteiger partial charge in [-0.15, -0.1) is 0 Å². The summed E-state index contributed by atoms with van der Waals surface area (Å²) in [5.74, 6) is 1.72. The Kier molecular flexibility index (Phi) is 6.29. The largest absolute Gasteiger partial charge is 0.351 e. The lowest BCUT2D eigenvalue weighted by Gasteiger charge is -2.54. The maximum Gasteiger partial charge on any atom is 0.351 e. The number of H-pyrrole nitrogens is 1. The number of aromatic nitrogens is 5. The summed E-state index contributed by atoms with van der Waals surface area (Å²) >= 11 is 0. The van der Waals surface area contributed by atoms with Crippen LogP contribution in [0.5, 0.6) is 0 Å². The number of hydrogen-bond acceptors (Lipinski definition) is 6. The Hall–Kier alpha value is -3.07. The van der Waals surface area contributed by atoms with E-state index in [1.165, 1.54) is 71.1 Å². The molecule has 2 aliphatic carbocycles. The number of fused-ring (bicyclic) bond motifs is 5. The van der Waals surface area contributed by atoms with Crippen LogP contribution in [0.2, 0.25) is 0 Å². The monoisotopic (exact) mass is 530 g/mol. The van der Waals surface area contributed by atoms with Crippen LogP contribution in [-0.4, -0.2) is 47.3 Å². The Morgan fingerprint density at radius 2 is 1.49 bits per heavy atom. The van der Waals surface area contributed by atoms with Crippen molar-refractivity contribution in [2.24, 2.45) is 11.8 Å². The maximum atomic E-state index is 14.1. The quantitative estimate of drug-likeness (QED) is 0.551. The molecule has 39 heavy (non-hydrogen) atoms. The summed E-state index contributed by atoms with van der Waals surface area (Å²) < 4.78 is 2.84. The van der Waals surface area contributed by atoms with Gasteiger partial charge in [-0.1, -0.05) is 44.2 Å². The number of piperidine rings is 2. The molecule has 4 unspecified atom stereocenters. The normalized spacial score (nSPS) is 31.2. The topological polar surface area (TPSA) is 106 Å². The molecule has 0 spiro atoms. The van der Waals surface area contributed by atoms with Crippen molar-refractivity contribution in [2.45, 2.75) is 108 Å². The number of aryl methyl sites for hydroxylation is 1.